The van der Waals surface area contributed by atoms with Crippen LogP contribution in [-0.2, 0) is 20.9 Å². The number of hydrogen-bond donors (Lipinski definition) is 3. The van der Waals surface area contributed by atoms with Gasteiger partial charge in [-0.3, -0.25) is 24.5 Å². The number of fused-ring (bicyclic) bond motifs is 3. The van der Waals surface area contributed by atoms with Gasteiger partial charge in [0.1, 0.15) is 17.6 Å². The third-order valence-electron chi connectivity index (χ3n) is 6.15. The van der Waals surface area contributed by atoms with Gasteiger partial charge in [0.15, 0.2) is 11.0 Å². The summed E-state index contributed by atoms with van der Waals surface area (Å²) in [5, 5.41) is 12.8. The third kappa shape index (κ3) is 6.01. The minimum atomic E-state index is -0.718. The number of aliphatic imine (C=N–C) groups is 2. The zero-order valence-corrected chi connectivity index (χ0v) is 22.2. The highest BCUT2D eigenvalue weighted by molar-refractivity contribution is 8.14. The van der Waals surface area contributed by atoms with Gasteiger partial charge < -0.3 is 15.4 Å². The Morgan fingerprint density at radius 3 is 2.67 bits per heavy atom. The molecule has 2 aliphatic rings. The first-order valence-corrected chi connectivity index (χ1v) is 13.3. The fourth-order valence-corrected chi connectivity index (χ4v) is 4.98. The van der Waals surface area contributed by atoms with Crippen LogP contribution in [0.5, 0.6) is 5.75 Å². The lowest BCUT2D eigenvalue weighted by Gasteiger charge is -2.25. The van der Waals surface area contributed by atoms with Crippen molar-refractivity contribution in [2.75, 3.05) is 18.2 Å². The van der Waals surface area contributed by atoms with Gasteiger partial charge in [-0.2, -0.15) is 5.10 Å². The second kappa shape index (κ2) is 11.5. The van der Waals surface area contributed by atoms with E-state index in [4.69, 9.17) is 4.74 Å². The Morgan fingerprint density at radius 1 is 1.13 bits per heavy atom. The zero-order chi connectivity index (χ0) is 27.4. The number of aromatic amines is 1. The highest BCUT2D eigenvalue weighted by atomic mass is 32.2. The van der Waals surface area contributed by atoms with Crippen molar-refractivity contribution in [3.8, 4) is 5.75 Å². The van der Waals surface area contributed by atoms with Crippen LogP contribution in [0.1, 0.15) is 29.7 Å². The molecule has 3 amide bonds. The van der Waals surface area contributed by atoms with Crippen LogP contribution in [0.3, 0.4) is 0 Å². The number of anilines is 1. The summed E-state index contributed by atoms with van der Waals surface area (Å²) in [7, 11) is 1.60. The van der Waals surface area contributed by atoms with Crippen molar-refractivity contribution in [2.24, 2.45) is 9.98 Å². The number of H-pyrrole nitrogens is 1. The minimum Gasteiger partial charge on any atom is -0.497 e. The maximum atomic E-state index is 13.4. The Balaban J connectivity index is 1.22. The maximum absolute atomic E-state index is 13.4. The molecular weight excluding hydrogens is 518 g/mol. The van der Waals surface area contributed by atoms with Crippen molar-refractivity contribution < 1.29 is 19.1 Å². The lowest BCUT2D eigenvalue weighted by molar-refractivity contribution is -0.125. The quantitative estimate of drug-likeness (QED) is 0.377. The average molecular weight is 546 g/mol. The Morgan fingerprint density at radius 2 is 1.92 bits per heavy atom. The molecule has 0 aliphatic carbocycles. The summed E-state index contributed by atoms with van der Waals surface area (Å²) >= 11 is 1.15. The van der Waals surface area contributed by atoms with Crippen LogP contribution in [0.4, 0.5) is 11.5 Å². The van der Waals surface area contributed by atoms with Crippen molar-refractivity contribution in [2.45, 2.75) is 32.4 Å². The van der Waals surface area contributed by atoms with Gasteiger partial charge in [-0.25, -0.2) is 9.89 Å². The minimum absolute atomic E-state index is 0.0302. The molecule has 2 aromatic carbocycles. The molecule has 0 unspecified atom stereocenters. The molecule has 0 saturated carbocycles. The number of aryl methyl sites for hydroxylation is 1. The smallest absolute Gasteiger partial charge is 0.259 e. The monoisotopic (exact) mass is 545 g/mol. The van der Waals surface area contributed by atoms with Crippen LogP contribution < -0.4 is 15.4 Å². The average Bonchev–Trinajstić information content (AvgIpc) is 3.51. The molecule has 11 nitrogen and oxygen atoms in total. The molecule has 200 valence electrons. The fraction of sp³-hybridized carbons (Fsp3) is 0.259. The van der Waals surface area contributed by atoms with E-state index in [1.165, 1.54) is 4.90 Å². The van der Waals surface area contributed by atoms with Gasteiger partial charge in [-0.15, -0.1) is 0 Å². The summed E-state index contributed by atoms with van der Waals surface area (Å²) in [5.74, 6) is 0.982. The number of rotatable bonds is 9. The molecule has 0 bridgehead atoms. The van der Waals surface area contributed by atoms with E-state index in [1.807, 2.05) is 55.5 Å². The van der Waals surface area contributed by atoms with Crippen molar-refractivity contribution in [1.29, 1.82) is 0 Å². The standard InChI is InChI=1S/C27H27N7O4S/c1-16-13-22(33-32-16)31-24(36)15-39-27-30-20-6-4-3-5-19(20)25-29-21(26(37)34(25)27)11-12-23(35)28-14-17-7-9-18(38-2)10-8-17/h3-10,13,21H,11-12,14-15H2,1-2H3,(H,28,35)(H2,31,32,33,36)/t21-/m0/s1. The number of hydrogen-bond acceptors (Lipinski definition) is 8. The van der Waals surface area contributed by atoms with Crippen LogP contribution >= 0.6 is 11.8 Å². The van der Waals surface area contributed by atoms with E-state index in [0.717, 1.165) is 34.3 Å². The summed E-state index contributed by atoms with van der Waals surface area (Å²) in [6, 6.07) is 15.9. The molecule has 1 atom stereocenters. The first-order valence-electron chi connectivity index (χ1n) is 12.4. The highest BCUT2D eigenvalue weighted by Crippen LogP contribution is 2.34. The number of para-hydroxylation sites is 1. The SMILES string of the molecule is COc1ccc(CNC(=O)CC[C@@H]2N=C3c4ccccc4N=C(SCC(=O)Nc4cc(C)[nH]n4)N3C2=O)cc1. The summed E-state index contributed by atoms with van der Waals surface area (Å²) in [4.78, 5) is 49.2. The normalized spacial score (nSPS) is 15.7. The van der Waals surface area contributed by atoms with E-state index in [1.54, 1.807) is 13.2 Å². The van der Waals surface area contributed by atoms with Gasteiger partial charge in [0, 0.05) is 30.3 Å². The molecule has 3 N–H and O–H groups in total. The predicted octanol–water partition coefficient (Wildman–Crippen LogP) is 3.15. The van der Waals surface area contributed by atoms with Gasteiger partial charge in [0.05, 0.1) is 18.6 Å². The van der Waals surface area contributed by atoms with Crippen molar-refractivity contribution >= 4 is 52.0 Å². The number of nitrogens with one attached hydrogen (secondary N) is 3. The van der Waals surface area contributed by atoms with E-state index < -0.39 is 6.04 Å². The molecule has 3 heterocycles. The van der Waals surface area contributed by atoms with Gasteiger partial charge in [0.2, 0.25) is 11.8 Å². The van der Waals surface area contributed by atoms with E-state index in [-0.39, 0.29) is 36.3 Å². The Kier molecular flexibility index (Phi) is 7.73. The number of methoxy groups -OCH3 is 1. The predicted molar refractivity (Wildman–Crippen MR) is 149 cm³/mol. The molecule has 1 aromatic heterocycles. The van der Waals surface area contributed by atoms with Crippen LogP contribution in [0.25, 0.3) is 0 Å². The van der Waals surface area contributed by atoms with E-state index in [0.29, 0.717) is 29.1 Å². The van der Waals surface area contributed by atoms with Crippen molar-refractivity contribution in [1.82, 2.24) is 20.4 Å². The number of aromatic nitrogens is 2. The van der Waals surface area contributed by atoms with Crippen LogP contribution in [0.15, 0.2) is 64.6 Å². The van der Waals surface area contributed by atoms with Crippen molar-refractivity contribution in [3.63, 3.8) is 0 Å². The number of carbonyl (C=O) groups is 3. The van der Waals surface area contributed by atoms with Crippen LogP contribution in [-0.4, -0.2) is 62.7 Å². The molecule has 5 rings (SSSR count). The summed E-state index contributed by atoms with van der Waals surface area (Å²) in [5.41, 5.74) is 3.18. The van der Waals surface area contributed by atoms with E-state index in [2.05, 4.69) is 30.8 Å². The molecule has 12 heteroatoms. The molecule has 0 fully saturated rings. The Hall–Kier alpha value is -4.45. The van der Waals surface area contributed by atoms with E-state index >= 15 is 0 Å². The maximum Gasteiger partial charge on any atom is 0.259 e. The second-order valence-corrected chi connectivity index (χ2v) is 9.93. The van der Waals surface area contributed by atoms with Crippen LogP contribution in [0.2, 0.25) is 0 Å². The number of ether oxygens (including phenoxy) is 1. The van der Waals surface area contributed by atoms with E-state index in [9.17, 15) is 14.4 Å². The van der Waals surface area contributed by atoms with Gasteiger partial charge in [-0.1, -0.05) is 36.0 Å². The summed E-state index contributed by atoms with van der Waals surface area (Å²) < 4.78 is 5.15. The van der Waals surface area contributed by atoms with Gasteiger partial charge >= 0.3 is 0 Å². The topological polar surface area (TPSA) is 141 Å². The second-order valence-electron chi connectivity index (χ2n) is 8.99. The largest absolute Gasteiger partial charge is 0.497 e. The molecule has 39 heavy (non-hydrogen) atoms. The summed E-state index contributed by atoms with van der Waals surface area (Å²) in [6.07, 6.45) is 0.399. The zero-order valence-electron chi connectivity index (χ0n) is 21.4. The number of amidine groups is 2. The number of nitrogens with zero attached hydrogens (tertiary/aromatic N) is 4. The highest BCUT2D eigenvalue weighted by Gasteiger charge is 2.41. The lowest BCUT2D eigenvalue weighted by atomic mass is 10.1. The lowest BCUT2D eigenvalue weighted by Crippen LogP contribution is -2.41. The number of carbonyl (C=O) groups excluding carboxylic acids is 3. The first-order chi connectivity index (χ1) is 18.9. The first kappa shape index (κ1) is 26.2. The van der Waals surface area contributed by atoms with Gasteiger partial charge in [0.25, 0.3) is 5.91 Å². The Labute approximate surface area is 229 Å². The number of thioether (sulfide) groups is 1. The molecule has 0 saturated heterocycles. The molecule has 2 aliphatic heterocycles. The Bertz CT molecular complexity index is 1460. The van der Waals surface area contributed by atoms with Crippen LogP contribution in [0, 0.1) is 6.92 Å². The van der Waals surface area contributed by atoms with Gasteiger partial charge in [-0.05, 0) is 43.2 Å². The number of amides is 3. The third-order valence-corrected chi connectivity index (χ3v) is 7.09. The fourth-order valence-electron chi connectivity index (χ4n) is 4.18. The van der Waals surface area contributed by atoms with Crippen molar-refractivity contribution in [3.05, 3.63) is 71.4 Å². The molecule has 0 radical (unpaired) electrons. The summed E-state index contributed by atoms with van der Waals surface area (Å²) in [6.45, 7) is 2.22. The molecular formula is C27H27N7O4S. The molecule has 0 spiro atoms. The molecule has 3 aromatic rings. The number of benzene rings is 2.